The lowest BCUT2D eigenvalue weighted by atomic mass is 10.1. The van der Waals surface area contributed by atoms with Gasteiger partial charge in [-0.3, -0.25) is 0 Å². The second kappa shape index (κ2) is 4.00. The highest BCUT2D eigenvalue weighted by molar-refractivity contribution is 5.41. The van der Waals surface area contributed by atoms with Crippen LogP contribution in [-0.2, 0) is 6.54 Å². The van der Waals surface area contributed by atoms with E-state index in [4.69, 9.17) is 5.73 Å². The van der Waals surface area contributed by atoms with Gasteiger partial charge in [-0.25, -0.2) is 4.39 Å². The Morgan fingerprint density at radius 3 is 2.50 bits per heavy atom. The highest BCUT2D eigenvalue weighted by Gasteiger charge is 2.08. The van der Waals surface area contributed by atoms with Crippen molar-refractivity contribution in [2.45, 2.75) is 20.4 Å². The summed E-state index contributed by atoms with van der Waals surface area (Å²) in [5.74, 6) is 0.522. The summed E-state index contributed by atoms with van der Waals surface area (Å²) < 4.78 is 15.5. The van der Waals surface area contributed by atoms with Crippen LogP contribution in [0.4, 0.5) is 10.2 Å². The Labute approximate surface area is 94.5 Å². The molecular weight excluding hydrogens is 203 g/mol. The number of anilines is 1. The molecule has 0 saturated heterocycles. The van der Waals surface area contributed by atoms with Gasteiger partial charge >= 0.3 is 0 Å². The zero-order valence-corrected chi connectivity index (χ0v) is 9.50. The van der Waals surface area contributed by atoms with Gasteiger partial charge in [0.1, 0.15) is 11.6 Å². The normalized spacial score (nSPS) is 10.7. The van der Waals surface area contributed by atoms with Crippen molar-refractivity contribution in [2.75, 3.05) is 5.73 Å². The lowest BCUT2D eigenvalue weighted by molar-refractivity contribution is 0.598. The summed E-state index contributed by atoms with van der Waals surface area (Å²) >= 11 is 0. The van der Waals surface area contributed by atoms with Gasteiger partial charge in [0.25, 0.3) is 0 Å². The molecule has 0 radical (unpaired) electrons. The number of hydrogen-bond acceptors (Lipinski definition) is 1. The molecule has 0 aliphatic carbocycles. The van der Waals surface area contributed by atoms with Crippen molar-refractivity contribution in [1.82, 2.24) is 4.57 Å². The zero-order valence-electron chi connectivity index (χ0n) is 9.50. The SMILES string of the molecule is Cc1cccc(F)c1Cn1ccc(C)c1N. The molecule has 2 aromatic rings. The molecule has 0 unspecified atom stereocenters. The Morgan fingerprint density at radius 2 is 1.94 bits per heavy atom. The number of benzene rings is 1. The minimum absolute atomic E-state index is 0.175. The van der Waals surface area contributed by atoms with Crippen LogP contribution in [0.2, 0.25) is 0 Å². The fourth-order valence-electron chi connectivity index (χ4n) is 1.77. The molecule has 1 heterocycles. The van der Waals surface area contributed by atoms with Gasteiger partial charge in [0.15, 0.2) is 0 Å². The van der Waals surface area contributed by atoms with Crippen molar-refractivity contribution in [2.24, 2.45) is 0 Å². The van der Waals surface area contributed by atoms with E-state index in [0.717, 1.165) is 11.1 Å². The lowest BCUT2D eigenvalue weighted by Crippen LogP contribution is -2.06. The first kappa shape index (κ1) is 10.7. The Hall–Kier alpha value is -1.77. The molecule has 1 aromatic heterocycles. The van der Waals surface area contributed by atoms with E-state index < -0.39 is 0 Å². The molecule has 0 aliphatic heterocycles. The third-order valence-corrected chi connectivity index (χ3v) is 2.90. The van der Waals surface area contributed by atoms with E-state index in [2.05, 4.69) is 0 Å². The molecule has 3 heteroatoms. The third kappa shape index (κ3) is 1.81. The zero-order chi connectivity index (χ0) is 11.7. The predicted molar refractivity (Wildman–Crippen MR) is 63.8 cm³/mol. The summed E-state index contributed by atoms with van der Waals surface area (Å²) in [4.78, 5) is 0. The van der Waals surface area contributed by atoms with Crippen LogP contribution < -0.4 is 5.73 Å². The lowest BCUT2D eigenvalue weighted by Gasteiger charge is -2.10. The molecule has 0 atom stereocenters. The first-order chi connectivity index (χ1) is 7.59. The molecule has 0 aliphatic rings. The van der Waals surface area contributed by atoms with Crippen molar-refractivity contribution in [3.63, 3.8) is 0 Å². The summed E-state index contributed by atoms with van der Waals surface area (Å²) in [6.07, 6.45) is 1.89. The summed E-state index contributed by atoms with van der Waals surface area (Å²) in [6.45, 7) is 4.34. The van der Waals surface area contributed by atoms with Gasteiger partial charge in [-0.05, 0) is 37.1 Å². The molecule has 0 spiro atoms. The van der Waals surface area contributed by atoms with Crippen molar-refractivity contribution in [3.05, 3.63) is 53.0 Å². The van der Waals surface area contributed by atoms with Crippen molar-refractivity contribution < 1.29 is 4.39 Å². The van der Waals surface area contributed by atoms with Crippen molar-refractivity contribution in [3.8, 4) is 0 Å². The third-order valence-electron chi connectivity index (χ3n) is 2.90. The van der Waals surface area contributed by atoms with Crippen LogP contribution in [0.1, 0.15) is 16.7 Å². The molecule has 2 rings (SSSR count). The number of aryl methyl sites for hydroxylation is 2. The molecule has 2 N–H and O–H groups in total. The average Bonchev–Trinajstić information content (AvgIpc) is 2.55. The molecule has 0 amide bonds. The van der Waals surface area contributed by atoms with E-state index in [-0.39, 0.29) is 5.82 Å². The molecular formula is C13H15FN2. The Kier molecular flexibility index (Phi) is 2.69. The maximum Gasteiger partial charge on any atom is 0.128 e. The molecule has 0 fully saturated rings. The second-order valence-electron chi connectivity index (χ2n) is 4.05. The molecule has 2 nitrogen and oxygen atoms in total. The summed E-state index contributed by atoms with van der Waals surface area (Å²) in [5, 5.41) is 0. The molecule has 1 aromatic carbocycles. The minimum Gasteiger partial charge on any atom is -0.385 e. The Bertz CT molecular complexity index is 494. The number of rotatable bonds is 2. The summed E-state index contributed by atoms with van der Waals surface area (Å²) in [6, 6.07) is 7.05. The van der Waals surface area contributed by atoms with Crippen molar-refractivity contribution in [1.29, 1.82) is 0 Å². The van der Waals surface area contributed by atoms with Gasteiger partial charge in [0.05, 0.1) is 6.54 Å². The van der Waals surface area contributed by atoms with E-state index in [9.17, 15) is 4.39 Å². The van der Waals surface area contributed by atoms with Gasteiger partial charge < -0.3 is 10.3 Å². The largest absolute Gasteiger partial charge is 0.385 e. The van der Waals surface area contributed by atoms with E-state index in [0.29, 0.717) is 17.9 Å². The second-order valence-corrected chi connectivity index (χ2v) is 4.05. The van der Waals surface area contributed by atoms with E-state index >= 15 is 0 Å². The number of nitrogens with two attached hydrogens (primary N) is 1. The minimum atomic E-state index is -0.175. The van der Waals surface area contributed by atoms with Crippen LogP contribution >= 0.6 is 0 Å². The Balaban J connectivity index is 2.38. The number of aromatic nitrogens is 1. The summed E-state index contributed by atoms with van der Waals surface area (Å²) in [7, 11) is 0. The molecule has 16 heavy (non-hydrogen) atoms. The van der Waals surface area contributed by atoms with Gasteiger partial charge in [-0.15, -0.1) is 0 Å². The number of nitrogens with zero attached hydrogens (tertiary/aromatic N) is 1. The highest BCUT2D eigenvalue weighted by Crippen LogP contribution is 2.18. The summed E-state index contributed by atoms with van der Waals surface area (Å²) in [5.41, 5.74) is 8.56. The van der Waals surface area contributed by atoms with E-state index in [1.165, 1.54) is 6.07 Å². The van der Waals surface area contributed by atoms with Gasteiger partial charge in [0, 0.05) is 11.8 Å². The van der Waals surface area contributed by atoms with Crippen molar-refractivity contribution >= 4 is 5.82 Å². The van der Waals surface area contributed by atoms with Crippen LogP contribution in [0.3, 0.4) is 0 Å². The number of nitrogen functional groups attached to an aromatic ring is 1. The molecule has 84 valence electrons. The fraction of sp³-hybridized carbons (Fsp3) is 0.231. The monoisotopic (exact) mass is 218 g/mol. The fourth-order valence-corrected chi connectivity index (χ4v) is 1.77. The van der Waals surface area contributed by atoms with Crippen LogP contribution in [0.25, 0.3) is 0 Å². The smallest absolute Gasteiger partial charge is 0.128 e. The maximum atomic E-state index is 13.6. The van der Waals surface area contributed by atoms with Crippen LogP contribution in [0.5, 0.6) is 0 Å². The van der Waals surface area contributed by atoms with Gasteiger partial charge in [-0.2, -0.15) is 0 Å². The molecule has 0 bridgehead atoms. The topological polar surface area (TPSA) is 30.9 Å². The van der Waals surface area contributed by atoms with Crippen LogP contribution in [0.15, 0.2) is 30.5 Å². The quantitative estimate of drug-likeness (QED) is 0.825. The first-order valence-electron chi connectivity index (χ1n) is 5.25. The van der Waals surface area contributed by atoms with Gasteiger partial charge in [-0.1, -0.05) is 12.1 Å². The maximum absolute atomic E-state index is 13.6. The van der Waals surface area contributed by atoms with E-state index in [1.807, 2.05) is 36.7 Å². The Morgan fingerprint density at radius 1 is 1.19 bits per heavy atom. The molecule has 0 saturated carbocycles. The average molecular weight is 218 g/mol. The number of halogens is 1. The predicted octanol–water partition coefficient (Wildman–Crippen LogP) is 2.87. The van der Waals surface area contributed by atoms with Crippen LogP contribution in [0, 0.1) is 19.7 Å². The number of hydrogen-bond donors (Lipinski definition) is 1. The first-order valence-corrected chi connectivity index (χ1v) is 5.25. The highest BCUT2D eigenvalue weighted by atomic mass is 19.1. The van der Waals surface area contributed by atoms with Crippen LogP contribution in [-0.4, -0.2) is 4.57 Å². The van der Waals surface area contributed by atoms with E-state index in [1.54, 1.807) is 6.07 Å². The van der Waals surface area contributed by atoms with Gasteiger partial charge in [0.2, 0.25) is 0 Å². The standard InChI is InChI=1S/C13H15FN2/c1-9-4-3-5-12(14)11(9)8-16-7-6-10(2)13(16)15/h3-7H,8,15H2,1-2H3.